The molecule has 1 amide bonds. The molecule has 0 radical (unpaired) electrons. The van der Waals surface area contributed by atoms with E-state index in [1.165, 1.54) is 0 Å². The summed E-state index contributed by atoms with van der Waals surface area (Å²) in [4.78, 5) is 12.5. The van der Waals surface area contributed by atoms with Crippen LogP contribution in [0.1, 0.15) is 28.9 Å². The molecule has 0 bridgehead atoms. The van der Waals surface area contributed by atoms with Crippen LogP contribution in [0.15, 0.2) is 55.1 Å². The molecule has 2 rings (SSSR count). The van der Waals surface area contributed by atoms with Crippen LogP contribution in [0.2, 0.25) is 0 Å². The summed E-state index contributed by atoms with van der Waals surface area (Å²) in [5.41, 5.74) is 1.40. The molecule has 1 N–H and O–H groups in total. The SMILES string of the molecule is C=CCOc1ccc(C(=O)N[C@@H](C)c2cc(OC)ccc2OC)cc1. The predicted octanol–water partition coefficient (Wildman–Crippen LogP) is 3.76. The van der Waals surface area contributed by atoms with Gasteiger partial charge in [-0.3, -0.25) is 4.79 Å². The van der Waals surface area contributed by atoms with Gasteiger partial charge in [0.15, 0.2) is 0 Å². The van der Waals surface area contributed by atoms with Crippen LogP contribution < -0.4 is 19.5 Å². The van der Waals surface area contributed by atoms with Crippen molar-refractivity contribution in [1.82, 2.24) is 5.32 Å². The fourth-order valence-electron chi connectivity index (χ4n) is 2.39. The summed E-state index contributed by atoms with van der Waals surface area (Å²) in [5, 5.41) is 2.97. The number of methoxy groups -OCH3 is 2. The lowest BCUT2D eigenvalue weighted by Crippen LogP contribution is -2.26. The second kappa shape index (κ2) is 8.78. The molecule has 0 unspecified atom stereocenters. The van der Waals surface area contributed by atoms with E-state index in [0.29, 0.717) is 29.4 Å². The first-order chi connectivity index (χ1) is 12.1. The molecule has 1 atom stereocenters. The van der Waals surface area contributed by atoms with Crippen LogP contribution in [0.5, 0.6) is 17.2 Å². The van der Waals surface area contributed by atoms with Gasteiger partial charge in [0.25, 0.3) is 5.91 Å². The van der Waals surface area contributed by atoms with Crippen molar-refractivity contribution in [3.63, 3.8) is 0 Å². The Kier molecular flexibility index (Phi) is 6.46. The van der Waals surface area contributed by atoms with Gasteiger partial charge in [0.05, 0.1) is 20.3 Å². The maximum Gasteiger partial charge on any atom is 0.251 e. The monoisotopic (exact) mass is 341 g/mol. The van der Waals surface area contributed by atoms with Gasteiger partial charge in [-0.05, 0) is 49.4 Å². The lowest BCUT2D eigenvalue weighted by atomic mass is 10.1. The molecule has 5 nitrogen and oxygen atoms in total. The number of hydrogen-bond donors (Lipinski definition) is 1. The topological polar surface area (TPSA) is 56.8 Å². The van der Waals surface area contributed by atoms with Crippen molar-refractivity contribution >= 4 is 5.91 Å². The number of ether oxygens (including phenoxy) is 3. The lowest BCUT2D eigenvalue weighted by molar-refractivity contribution is 0.0939. The van der Waals surface area contributed by atoms with E-state index in [4.69, 9.17) is 14.2 Å². The highest BCUT2D eigenvalue weighted by atomic mass is 16.5. The smallest absolute Gasteiger partial charge is 0.251 e. The van der Waals surface area contributed by atoms with Crippen molar-refractivity contribution in [2.75, 3.05) is 20.8 Å². The molecule has 0 fully saturated rings. The summed E-state index contributed by atoms with van der Waals surface area (Å²) < 4.78 is 16.0. The van der Waals surface area contributed by atoms with Crippen molar-refractivity contribution in [1.29, 1.82) is 0 Å². The standard InChI is InChI=1S/C20H23NO4/c1-5-12-25-16-8-6-15(7-9-16)20(22)21-14(2)18-13-17(23-3)10-11-19(18)24-4/h5-11,13-14H,1,12H2,2-4H3,(H,21,22)/t14-/m0/s1. The van der Waals surface area contributed by atoms with Gasteiger partial charge < -0.3 is 19.5 Å². The molecule has 0 aliphatic carbocycles. The fourth-order valence-corrected chi connectivity index (χ4v) is 2.39. The summed E-state index contributed by atoms with van der Waals surface area (Å²) in [6.07, 6.45) is 1.67. The van der Waals surface area contributed by atoms with E-state index in [2.05, 4.69) is 11.9 Å². The van der Waals surface area contributed by atoms with Gasteiger partial charge in [0.1, 0.15) is 23.9 Å². The summed E-state index contributed by atoms with van der Waals surface area (Å²) in [5.74, 6) is 1.92. The van der Waals surface area contributed by atoms with Crippen LogP contribution in [0.3, 0.4) is 0 Å². The molecule has 25 heavy (non-hydrogen) atoms. The Morgan fingerprint density at radius 3 is 2.40 bits per heavy atom. The Morgan fingerprint density at radius 1 is 1.12 bits per heavy atom. The molecule has 2 aromatic rings. The van der Waals surface area contributed by atoms with E-state index in [1.54, 1.807) is 44.6 Å². The molecule has 0 aliphatic rings. The van der Waals surface area contributed by atoms with Crippen LogP contribution in [-0.2, 0) is 0 Å². The van der Waals surface area contributed by atoms with E-state index in [0.717, 1.165) is 5.56 Å². The second-order valence-electron chi connectivity index (χ2n) is 5.43. The maximum atomic E-state index is 12.5. The van der Waals surface area contributed by atoms with Crippen LogP contribution in [0, 0.1) is 0 Å². The average Bonchev–Trinajstić information content (AvgIpc) is 2.66. The van der Waals surface area contributed by atoms with Crippen LogP contribution in [0.25, 0.3) is 0 Å². The first kappa shape index (κ1) is 18.4. The molecule has 0 spiro atoms. The second-order valence-corrected chi connectivity index (χ2v) is 5.43. The highest BCUT2D eigenvalue weighted by Gasteiger charge is 2.16. The first-order valence-corrected chi connectivity index (χ1v) is 7.95. The van der Waals surface area contributed by atoms with Gasteiger partial charge in [-0.25, -0.2) is 0 Å². The predicted molar refractivity (Wildman–Crippen MR) is 97.6 cm³/mol. The summed E-state index contributed by atoms with van der Waals surface area (Å²) in [7, 11) is 3.20. The molecule has 0 aliphatic heterocycles. The number of nitrogens with one attached hydrogen (secondary N) is 1. The zero-order valence-electron chi connectivity index (χ0n) is 14.7. The summed E-state index contributed by atoms with van der Waals surface area (Å²) in [6.45, 7) is 5.93. The molecule has 0 heterocycles. The highest BCUT2D eigenvalue weighted by molar-refractivity contribution is 5.94. The minimum absolute atomic E-state index is 0.173. The van der Waals surface area contributed by atoms with E-state index < -0.39 is 0 Å². The maximum absolute atomic E-state index is 12.5. The van der Waals surface area contributed by atoms with Crippen LogP contribution in [0.4, 0.5) is 0 Å². The van der Waals surface area contributed by atoms with Crippen LogP contribution >= 0.6 is 0 Å². The van der Waals surface area contributed by atoms with Crippen LogP contribution in [-0.4, -0.2) is 26.7 Å². The molecular weight excluding hydrogens is 318 g/mol. The minimum Gasteiger partial charge on any atom is -0.497 e. The van der Waals surface area contributed by atoms with Crippen molar-refractivity contribution in [2.24, 2.45) is 0 Å². The van der Waals surface area contributed by atoms with Gasteiger partial charge in [0.2, 0.25) is 0 Å². The summed E-state index contributed by atoms with van der Waals surface area (Å²) in [6, 6.07) is 12.2. The Balaban J connectivity index is 2.10. The van der Waals surface area contributed by atoms with E-state index in [1.807, 2.05) is 25.1 Å². The van der Waals surface area contributed by atoms with Gasteiger partial charge in [-0.2, -0.15) is 0 Å². The number of amides is 1. The van der Waals surface area contributed by atoms with Gasteiger partial charge in [-0.1, -0.05) is 12.7 Å². The van der Waals surface area contributed by atoms with E-state index >= 15 is 0 Å². The Labute approximate surface area is 148 Å². The van der Waals surface area contributed by atoms with E-state index in [9.17, 15) is 4.79 Å². The molecule has 0 saturated carbocycles. The molecule has 5 heteroatoms. The Hall–Kier alpha value is -2.95. The third kappa shape index (κ3) is 4.76. The first-order valence-electron chi connectivity index (χ1n) is 7.95. The normalized spacial score (nSPS) is 11.3. The largest absolute Gasteiger partial charge is 0.497 e. The molecular formula is C20H23NO4. The van der Waals surface area contributed by atoms with Crippen molar-refractivity contribution < 1.29 is 19.0 Å². The highest BCUT2D eigenvalue weighted by Crippen LogP contribution is 2.29. The fraction of sp³-hybridized carbons (Fsp3) is 0.250. The average molecular weight is 341 g/mol. The third-order valence-corrected chi connectivity index (χ3v) is 3.74. The molecule has 0 aromatic heterocycles. The molecule has 0 saturated heterocycles. The van der Waals surface area contributed by atoms with Gasteiger partial charge >= 0.3 is 0 Å². The van der Waals surface area contributed by atoms with Gasteiger partial charge in [-0.15, -0.1) is 0 Å². The van der Waals surface area contributed by atoms with Crippen molar-refractivity contribution in [3.05, 3.63) is 66.2 Å². The van der Waals surface area contributed by atoms with Gasteiger partial charge in [0, 0.05) is 11.1 Å². The Morgan fingerprint density at radius 2 is 1.80 bits per heavy atom. The number of benzene rings is 2. The third-order valence-electron chi connectivity index (χ3n) is 3.74. The molecule has 132 valence electrons. The Bertz CT molecular complexity index is 725. The number of hydrogen-bond acceptors (Lipinski definition) is 4. The number of carbonyl (C=O) groups excluding carboxylic acids is 1. The number of carbonyl (C=O) groups is 1. The zero-order chi connectivity index (χ0) is 18.2. The van der Waals surface area contributed by atoms with Crippen molar-refractivity contribution in [3.8, 4) is 17.2 Å². The quantitative estimate of drug-likeness (QED) is 0.743. The van der Waals surface area contributed by atoms with Crippen molar-refractivity contribution in [2.45, 2.75) is 13.0 Å². The zero-order valence-corrected chi connectivity index (χ0v) is 14.7. The lowest BCUT2D eigenvalue weighted by Gasteiger charge is -2.18. The minimum atomic E-state index is -0.241. The summed E-state index contributed by atoms with van der Waals surface area (Å²) >= 11 is 0. The number of rotatable bonds is 8. The molecule has 2 aromatic carbocycles. The van der Waals surface area contributed by atoms with E-state index in [-0.39, 0.29) is 11.9 Å².